The number of non-ortho nitro benzene ring substituents is 1. The summed E-state index contributed by atoms with van der Waals surface area (Å²) in [6.45, 7) is 2.16. The van der Waals surface area contributed by atoms with E-state index in [1.54, 1.807) is 25.4 Å². The van der Waals surface area contributed by atoms with Gasteiger partial charge in [0.05, 0.1) is 29.4 Å². The smallest absolute Gasteiger partial charge is 0.271 e. The number of aryl methyl sites for hydroxylation is 1. The molecule has 41 heavy (non-hydrogen) atoms. The number of nitro groups is 1. The number of anilines is 2. The normalized spacial score (nSPS) is 14.2. The molecule has 1 amide bonds. The zero-order valence-electron chi connectivity index (χ0n) is 21.9. The first-order chi connectivity index (χ1) is 19.6. The molecule has 4 aromatic rings. The van der Waals surface area contributed by atoms with Crippen LogP contribution in [0.15, 0.2) is 52.7 Å². The molecule has 0 saturated carbocycles. The first kappa shape index (κ1) is 28.1. The van der Waals surface area contributed by atoms with Crippen molar-refractivity contribution in [3.63, 3.8) is 0 Å². The second-order valence-corrected chi connectivity index (χ2v) is 12.1. The molecular weight excluding hydrogens is 576 g/mol. The van der Waals surface area contributed by atoms with Crippen LogP contribution >= 0.6 is 11.3 Å². The molecule has 5 rings (SSSR count). The minimum atomic E-state index is -4.08. The molecule has 0 atom stereocenters. The van der Waals surface area contributed by atoms with Crippen molar-refractivity contribution in [2.75, 3.05) is 43.5 Å². The van der Waals surface area contributed by atoms with Crippen molar-refractivity contribution in [1.82, 2.24) is 23.8 Å². The summed E-state index contributed by atoms with van der Waals surface area (Å²) in [4.78, 5) is 51.9. The highest BCUT2D eigenvalue weighted by Crippen LogP contribution is 2.33. The molecule has 214 valence electrons. The first-order valence-corrected chi connectivity index (χ1v) is 14.5. The number of aromatic nitrogens is 4. The molecule has 1 aromatic carbocycles. The Morgan fingerprint density at radius 3 is 2.54 bits per heavy atom. The Kier molecular flexibility index (Phi) is 7.65. The zero-order valence-corrected chi connectivity index (χ0v) is 23.5. The van der Waals surface area contributed by atoms with Crippen molar-refractivity contribution in [1.29, 1.82) is 0 Å². The molecule has 15 nitrogen and oxygen atoms in total. The maximum Gasteiger partial charge on any atom is 0.271 e. The van der Waals surface area contributed by atoms with E-state index in [-0.39, 0.29) is 45.3 Å². The van der Waals surface area contributed by atoms with Crippen molar-refractivity contribution in [3.05, 3.63) is 68.3 Å². The van der Waals surface area contributed by atoms with E-state index < -0.39 is 33.0 Å². The number of nitro benzene ring substituents is 1. The number of benzene rings is 1. The molecule has 0 unspecified atom stereocenters. The van der Waals surface area contributed by atoms with Gasteiger partial charge in [-0.1, -0.05) is 0 Å². The highest BCUT2D eigenvalue weighted by atomic mass is 32.2. The van der Waals surface area contributed by atoms with E-state index in [1.165, 1.54) is 29.9 Å². The van der Waals surface area contributed by atoms with Crippen molar-refractivity contribution in [2.24, 2.45) is 0 Å². The molecule has 0 bridgehead atoms. The molecule has 1 aliphatic heterocycles. The summed E-state index contributed by atoms with van der Waals surface area (Å²) in [5, 5.41) is 13.6. The lowest BCUT2D eigenvalue weighted by Gasteiger charge is -2.33. The summed E-state index contributed by atoms with van der Waals surface area (Å²) in [5.74, 6) is 0.00287. The van der Waals surface area contributed by atoms with Gasteiger partial charge in [-0.3, -0.25) is 24.3 Å². The predicted octanol–water partition coefficient (Wildman–Crippen LogP) is 1.62. The van der Waals surface area contributed by atoms with Gasteiger partial charge in [0.2, 0.25) is 21.9 Å². The number of ether oxygens (including phenoxy) is 1. The average molecular weight is 601 g/mol. The molecule has 3 aromatic heterocycles. The fraction of sp³-hybridized carbons (Fsp3) is 0.292. The van der Waals surface area contributed by atoms with Crippen LogP contribution in [0.2, 0.25) is 0 Å². The van der Waals surface area contributed by atoms with Gasteiger partial charge >= 0.3 is 0 Å². The summed E-state index contributed by atoms with van der Waals surface area (Å²) >= 11 is 1.08. The van der Waals surface area contributed by atoms with Crippen LogP contribution in [0.25, 0.3) is 10.2 Å². The third-order valence-corrected chi connectivity index (χ3v) is 9.67. The van der Waals surface area contributed by atoms with E-state index in [0.717, 1.165) is 22.0 Å². The highest BCUT2D eigenvalue weighted by molar-refractivity contribution is 7.89. The van der Waals surface area contributed by atoms with Crippen LogP contribution in [0.1, 0.15) is 4.88 Å². The molecule has 1 saturated heterocycles. The lowest BCUT2D eigenvalue weighted by Crippen LogP contribution is -2.49. The number of fused-ring (bicyclic) bond motifs is 1. The molecule has 17 heteroatoms. The third-order valence-electron chi connectivity index (χ3n) is 6.45. The van der Waals surface area contributed by atoms with E-state index in [4.69, 9.17) is 4.74 Å². The second kappa shape index (κ2) is 11.2. The third kappa shape index (κ3) is 5.46. The van der Waals surface area contributed by atoms with Gasteiger partial charge in [-0.25, -0.2) is 23.4 Å². The van der Waals surface area contributed by atoms with Crippen LogP contribution in [0.5, 0.6) is 5.75 Å². The topological polar surface area (TPSA) is 183 Å². The standard InChI is InChI=1S/C24H24N8O7S2/c1-15-21(41(37,38)31-10-8-29(9-11-31)24-25-6-3-7-26-24)20-22(40-15)27-14-30(23(20)34)13-19(33)28-17-12-16(32(35)36)4-5-18(17)39-2/h3-7,12,14H,8-11,13H2,1-2H3,(H,28,33). The van der Waals surface area contributed by atoms with Crippen molar-refractivity contribution < 1.29 is 22.9 Å². The minimum absolute atomic E-state index is 0.0449. The summed E-state index contributed by atoms with van der Waals surface area (Å²) in [5.41, 5.74) is -0.916. The zero-order chi connectivity index (χ0) is 29.3. The molecular formula is C24H24N8O7S2. The number of hydrogen-bond acceptors (Lipinski definition) is 12. The summed E-state index contributed by atoms with van der Waals surface area (Å²) in [6, 6.07) is 5.40. The first-order valence-electron chi connectivity index (χ1n) is 12.2. The molecule has 4 heterocycles. The number of thiophene rings is 1. The average Bonchev–Trinajstić information content (AvgIpc) is 3.32. The summed E-state index contributed by atoms with van der Waals surface area (Å²) < 4.78 is 35.0. The van der Waals surface area contributed by atoms with Gasteiger partial charge in [0.15, 0.2) is 0 Å². The number of amides is 1. The Morgan fingerprint density at radius 2 is 1.88 bits per heavy atom. The van der Waals surface area contributed by atoms with Crippen molar-refractivity contribution >= 4 is 54.8 Å². The van der Waals surface area contributed by atoms with Crippen LogP contribution in [0, 0.1) is 17.0 Å². The van der Waals surface area contributed by atoms with E-state index in [1.807, 2.05) is 4.90 Å². The fourth-order valence-electron chi connectivity index (χ4n) is 4.50. The van der Waals surface area contributed by atoms with E-state index >= 15 is 0 Å². The lowest BCUT2D eigenvalue weighted by molar-refractivity contribution is -0.384. The minimum Gasteiger partial charge on any atom is -0.495 e. The molecule has 0 radical (unpaired) electrons. The largest absolute Gasteiger partial charge is 0.495 e. The van der Waals surface area contributed by atoms with Crippen molar-refractivity contribution in [3.8, 4) is 5.75 Å². The maximum absolute atomic E-state index is 13.8. The Balaban J connectivity index is 1.41. The quantitative estimate of drug-likeness (QED) is 0.229. The van der Waals surface area contributed by atoms with Crippen LogP contribution in [0.3, 0.4) is 0 Å². The molecule has 1 fully saturated rings. The van der Waals surface area contributed by atoms with Gasteiger partial charge in [0.1, 0.15) is 22.0 Å². The van der Waals surface area contributed by atoms with Gasteiger partial charge in [-0.15, -0.1) is 11.3 Å². The number of piperazine rings is 1. The second-order valence-electron chi connectivity index (χ2n) is 8.97. The Morgan fingerprint density at radius 1 is 1.17 bits per heavy atom. The van der Waals surface area contributed by atoms with Crippen LogP contribution in [-0.4, -0.2) is 76.4 Å². The Bertz CT molecular complexity index is 1800. The van der Waals surface area contributed by atoms with Crippen LogP contribution < -0.4 is 20.5 Å². The number of nitrogens with zero attached hydrogens (tertiary/aromatic N) is 7. The number of sulfonamides is 1. The molecule has 1 N–H and O–H groups in total. The van der Waals surface area contributed by atoms with E-state index in [9.17, 15) is 28.1 Å². The number of rotatable bonds is 8. The fourth-order valence-corrected chi connectivity index (χ4v) is 7.59. The van der Waals surface area contributed by atoms with Crippen LogP contribution in [-0.2, 0) is 21.4 Å². The molecule has 0 aliphatic carbocycles. The monoisotopic (exact) mass is 600 g/mol. The number of carbonyl (C=O) groups is 1. The van der Waals surface area contributed by atoms with Gasteiger partial charge in [0, 0.05) is 55.6 Å². The highest BCUT2D eigenvalue weighted by Gasteiger charge is 2.34. The molecule has 0 spiro atoms. The summed E-state index contributed by atoms with van der Waals surface area (Å²) in [7, 11) is -2.74. The number of methoxy groups -OCH3 is 1. The van der Waals surface area contributed by atoms with Gasteiger partial charge < -0.3 is 15.0 Å². The molecule has 1 aliphatic rings. The van der Waals surface area contributed by atoms with Gasteiger partial charge in [-0.05, 0) is 19.1 Å². The SMILES string of the molecule is COc1ccc([N+](=O)[O-])cc1NC(=O)Cn1cnc2sc(C)c(S(=O)(=O)N3CCN(c4ncccn4)CC3)c2c1=O. The predicted molar refractivity (Wildman–Crippen MR) is 150 cm³/mol. The number of carbonyl (C=O) groups excluding carboxylic acids is 1. The maximum atomic E-state index is 13.8. The Hall–Kier alpha value is -4.48. The lowest BCUT2D eigenvalue weighted by atomic mass is 10.2. The van der Waals surface area contributed by atoms with Crippen LogP contribution in [0.4, 0.5) is 17.3 Å². The Labute approximate surface area is 237 Å². The van der Waals surface area contributed by atoms with E-state index in [0.29, 0.717) is 23.9 Å². The van der Waals surface area contributed by atoms with Gasteiger partial charge in [0.25, 0.3) is 11.2 Å². The number of nitrogens with one attached hydrogen (secondary N) is 1. The van der Waals surface area contributed by atoms with Gasteiger partial charge in [-0.2, -0.15) is 4.31 Å². The van der Waals surface area contributed by atoms with E-state index in [2.05, 4.69) is 20.3 Å². The van der Waals surface area contributed by atoms with Crippen molar-refractivity contribution in [2.45, 2.75) is 18.4 Å². The summed E-state index contributed by atoms with van der Waals surface area (Å²) in [6.07, 6.45) is 4.40. The number of hydrogen-bond donors (Lipinski definition) is 1.